The van der Waals surface area contributed by atoms with E-state index in [9.17, 15) is 24.3 Å². The fraction of sp³-hybridized carbons (Fsp3) is 0.692. The van der Waals surface area contributed by atoms with E-state index >= 15 is 0 Å². The highest BCUT2D eigenvalue weighted by Crippen LogP contribution is 2.57. The van der Waals surface area contributed by atoms with Gasteiger partial charge in [0.05, 0.1) is 11.0 Å². The largest absolute Gasteiger partial charge is 0.464 e. The Morgan fingerprint density at radius 3 is 2.29 bits per heavy atom. The highest BCUT2D eigenvalue weighted by molar-refractivity contribution is 5.90. The van der Waals surface area contributed by atoms with E-state index in [-0.39, 0.29) is 31.1 Å². The molecule has 2 aliphatic carbocycles. The van der Waals surface area contributed by atoms with Crippen molar-refractivity contribution in [2.45, 2.75) is 92.0 Å². The van der Waals surface area contributed by atoms with Crippen LogP contribution in [0.2, 0.25) is 0 Å². The second kappa shape index (κ2) is 10.0. The van der Waals surface area contributed by atoms with Gasteiger partial charge < -0.3 is 19.3 Å². The summed E-state index contributed by atoms with van der Waals surface area (Å²) < 4.78 is 16.8. The van der Waals surface area contributed by atoms with Crippen LogP contribution in [-0.4, -0.2) is 53.2 Å². The molecule has 0 heterocycles. The Morgan fingerprint density at radius 1 is 1.18 bits per heavy atom. The fourth-order valence-electron chi connectivity index (χ4n) is 5.48. The van der Waals surface area contributed by atoms with Crippen LogP contribution in [0.3, 0.4) is 0 Å². The van der Waals surface area contributed by atoms with Crippen LogP contribution in [0.15, 0.2) is 23.8 Å². The molecule has 0 amide bonds. The minimum atomic E-state index is -1.30. The normalized spacial score (nSPS) is 31.6. The lowest BCUT2D eigenvalue weighted by Gasteiger charge is -2.54. The molecule has 1 N–H and O–H groups in total. The maximum Gasteiger partial charge on any atom is 0.303 e. The van der Waals surface area contributed by atoms with Gasteiger partial charge in [-0.15, -0.1) is 6.58 Å². The Hall–Kier alpha value is -2.48. The van der Waals surface area contributed by atoms with Crippen molar-refractivity contribution in [2.24, 2.45) is 16.7 Å². The van der Waals surface area contributed by atoms with Crippen LogP contribution < -0.4 is 0 Å². The first-order valence-corrected chi connectivity index (χ1v) is 11.7. The Bertz CT molecular complexity index is 900. The maximum absolute atomic E-state index is 13.2. The minimum Gasteiger partial charge on any atom is -0.464 e. The number of ether oxygens (including phenoxy) is 3. The summed E-state index contributed by atoms with van der Waals surface area (Å²) in [5.41, 5.74) is -1.82. The maximum atomic E-state index is 13.2. The number of hydrogen-bond acceptors (Lipinski definition) is 8. The third kappa shape index (κ3) is 5.43. The van der Waals surface area contributed by atoms with Crippen LogP contribution in [0.1, 0.15) is 74.1 Å². The second-order valence-corrected chi connectivity index (χ2v) is 10.3. The SMILES string of the molecule is C=C[C@@](C)(O)C[C@H](OC(C)=O)[C@]1(C)C2=C([C@H](OC(C)=O)C[C@@H]1C)[C@@](C)(COC(C)=O)C(=O)CC2. The Morgan fingerprint density at radius 2 is 1.79 bits per heavy atom. The molecule has 2 aliphatic rings. The quantitative estimate of drug-likeness (QED) is 0.320. The van der Waals surface area contributed by atoms with Gasteiger partial charge in [-0.25, -0.2) is 0 Å². The summed E-state index contributed by atoms with van der Waals surface area (Å²) in [6.07, 6.45) is 1.06. The molecule has 2 rings (SSSR count). The van der Waals surface area contributed by atoms with Crippen molar-refractivity contribution < 1.29 is 38.5 Å². The van der Waals surface area contributed by atoms with Crippen molar-refractivity contribution in [2.75, 3.05) is 6.61 Å². The second-order valence-electron chi connectivity index (χ2n) is 10.3. The first-order valence-electron chi connectivity index (χ1n) is 11.7. The molecule has 0 aromatic rings. The van der Waals surface area contributed by atoms with Crippen LogP contribution in [0, 0.1) is 16.7 Å². The molecule has 8 nitrogen and oxygen atoms in total. The van der Waals surface area contributed by atoms with E-state index in [0.717, 1.165) is 5.57 Å². The number of carbonyl (C=O) groups is 4. The van der Waals surface area contributed by atoms with Crippen LogP contribution in [0.25, 0.3) is 0 Å². The topological polar surface area (TPSA) is 116 Å². The Kier molecular flexibility index (Phi) is 8.18. The molecule has 190 valence electrons. The van der Waals surface area contributed by atoms with Gasteiger partial charge in [-0.2, -0.15) is 0 Å². The van der Waals surface area contributed by atoms with Gasteiger partial charge in [-0.05, 0) is 38.2 Å². The minimum absolute atomic E-state index is 0.0978. The summed E-state index contributed by atoms with van der Waals surface area (Å²) >= 11 is 0. The number of Topliss-reactive ketones (excluding diaryl/α,β-unsaturated/α-hetero) is 1. The predicted molar refractivity (Wildman–Crippen MR) is 124 cm³/mol. The van der Waals surface area contributed by atoms with Crippen molar-refractivity contribution in [3.63, 3.8) is 0 Å². The average molecular weight is 479 g/mol. The molecule has 0 fully saturated rings. The highest BCUT2D eigenvalue weighted by Gasteiger charge is 2.57. The predicted octanol–water partition coefficient (Wildman–Crippen LogP) is 3.45. The van der Waals surface area contributed by atoms with Gasteiger partial charge in [-0.1, -0.05) is 25.5 Å². The summed E-state index contributed by atoms with van der Waals surface area (Å²) in [5.74, 6) is -1.73. The smallest absolute Gasteiger partial charge is 0.303 e. The molecule has 6 atom stereocenters. The summed E-state index contributed by atoms with van der Waals surface area (Å²) in [5, 5.41) is 10.8. The van der Waals surface area contributed by atoms with Crippen LogP contribution in [-0.2, 0) is 33.4 Å². The third-order valence-corrected chi connectivity index (χ3v) is 7.59. The Labute approximate surface area is 201 Å². The molecule has 0 spiro atoms. The average Bonchev–Trinajstić information content (AvgIpc) is 2.71. The zero-order valence-corrected chi connectivity index (χ0v) is 21.4. The molecular weight excluding hydrogens is 440 g/mol. The number of ketones is 1. The zero-order valence-electron chi connectivity index (χ0n) is 21.4. The number of carbonyl (C=O) groups excluding carboxylic acids is 4. The van der Waals surface area contributed by atoms with Gasteiger partial charge in [-0.3, -0.25) is 19.2 Å². The van der Waals surface area contributed by atoms with E-state index in [4.69, 9.17) is 14.2 Å². The fourth-order valence-corrected chi connectivity index (χ4v) is 5.48. The van der Waals surface area contributed by atoms with E-state index in [1.54, 1.807) is 13.8 Å². The van der Waals surface area contributed by atoms with Gasteiger partial charge in [0.1, 0.15) is 24.6 Å². The molecule has 0 bridgehead atoms. The summed E-state index contributed by atoms with van der Waals surface area (Å²) in [6, 6.07) is 0. The van der Waals surface area contributed by atoms with E-state index in [0.29, 0.717) is 18.4 Å². The van der Waals surface area contributed by atoms with Crippen molar-refractivity contribution in [3.05, 3.63) is 23.8 Å². The molecule has 0 aromatic carbocycles. The highest BCUT2D eigenvalue weighted by atomic mass is 16.6. The molecule has 34 heavy (non-hydrogen) atoms. The van der Waals surface area contributed by atoms with E-state index in [1.165, 1.54) is 26.8 Å². The molecule has 0 radical (unpaired) electrons. The molecule has 0 saturated heterocycles. The molecule has 8 heteroatoms. The monoisotopic (exact) mass is 478 g/mol. The lowest BCUT2D eigenvalue weighted by molar-refractivity contribution is -0.162. The molecule has 0 aliphatic heterocycles. The van der Waals surface area contributed by atoms with Gasteiger partial charge in [0, 0.05) is 39.0 Å². The first-order chi connectivity index (χ1) is 15.6. The number of rotatable bonds is 8. The van der Waals surface area contributed by atoms with Crippen LogP contribution >= 0.6 is 0 Å². The van der Waals surface area contributed by atoms with Crippen molar-refractivity contribution in [1.29, 1.82) is 0 Å². The van der Waals surface area contributed by atoms with Crippen molar-refractivity contribution in [1.82, 2.24) is 0 Å². The summed E-state index contributed by atoms with van der Waals surface area (Å²) in [4.78, 5) is 49.0. The van der Waals surface area contributed by atoms with Crippen molar-refractivity contribution in [3.8, 4) is 0 Å². The van der Waals surface area contributed by atoms with E-state index in [2.05, 4.69) is 6.58 Å². The molecule has 0 aromatic heterocycles. The summed E-state index contributed by atoms with van der Waals surface area (Å²) in [6.45, 7) is 14.7. The van der Waals surface area contributed by atoms with Crippen molar-refractivity contribution >= 4 is 23.7 Å². The lowest BCUT2D eigenvalue weighted by Crippen LogP contribution is -2.55. The van der Waals surface area contributed by atoms with Gasteiger partial charge in [0.2, 0.25) is 0 Å². The van der Waals surface area contributed by atoms with Crippen LogP contribution in [0.5, 0.6) is 0 Å². The van der Waals surface area contributed by atoms with E-state index in [1.807, 2.05) is 13.8 Å². The van der Waals surface area contributed by atoms with Gasteiger partial charge in [0.15, 0.2) is 0 Å². The van der Waals surface area contributed by atoms with E-state index < -0.39 is 46.5 Å². The molecule has 0 saturated carbocycles. The van der Waals surface area contributed by atoms with Crippen LogP contribution in [0.4, 0.5) is 0 Å². The standard InChI is InChI=1S/C26H38O8/c1-9-24(6,31)13-22(34-18(5)29)26(8)15(2)12-20(33-17(4)28)23-19(26)10-11-21(30)25(23,7)14-32-16(3)27/h9,15,20,22,31H,1,10-14H2,2-8H3/t15-,20+,22-,24+,25-,26-/m0/s1. The lowest BCUT2D eigenvalue weighted by atomic mass is 9.53. The third-order valence-electron chi connectivity index (χ3n) is 7.59. The Balaban J connectivity index is 2.78. The number of esters is 3. The van der Waals surface area contributed by atoms with Gasteiger partial charge >= 0.3 is 17.9 Å². The van der Waals surface area contributed by atoms with Gasteiger partial charge in [0.25, 0.3) is 0 Å². The first kappa shape index (κ1) is 27.8. The summed E-state index contributed by atoms with van der Waals surface area (Å²) in [7, 11) is 0. The number of aliphatic hydroxyl groups is 1. The number of hydrogen-bond donors (Lipinski definition) is 1. The zero-order chi connectivity index (χ0) is 26.1. The molecule has 0 unspecified atom stereocenters. The molecular formula is C26H38O8.